The van der Waals surface area contributed by atoms with Crippen LogP contribution in [0.1, 0.15) is 23.7 Å². The molecule has 1 aromatic heterocycles. The molecule has 0 spiro atoms. The van der Waals surface area contributed by atoms with Gasteiger partial charge in [-0.3, -0.25) is 9.59 Å². The summed E-state index contributed by atoms with van der Waals surface area (Å²) in [4.78, 5) is 27.7. The Balaban J connectivity index is 1.58. The van der Waals surface area contributed by atoms with Crippen LogP contribution in [0.4, 0.5) is 5.82 Å². The van der Waals surface area contributed by atoms with E-state index in [9.17, 15) is 9.59 Å². The van der Waals surface area contributed by atoms with Crippen LogP contribution in [0, 0.1) is 0 Å². The highest BCUT2D eigenvalue weighted by atomic mass is 79.9. The lowest BCUT2D eigenvalue weighted by atomic mass is 10.1. The van der Waals surface area contributed by atoms with E-state index in [1.54, 1.807) is 21.7 Å². The molecule has 2 amide bonds. The first kappa shape index (κ1) is 23.4. The Bertz CT molecular complexity index is 1270. The molecule has 3 aromatic carbocycles. The molecule has 0 aliphatic carbocycles. The zero-order valence-corrected chi connectivity index (χ0v) is 20.4. The van der Waals surface area contributed by atoms with Crippen LogP contribution in [0.25, 0.3) is 16.9 Å². The van der Waals surface area contributed by atoms with E-state index in [1.165, 1.54) is 0 Å². The number of nitrogens with zero attached hydrogens (tertiary/aromatic N) is 3. The predicted molar refractivity (Wildman–Crippen MR) is 138 cm³/mol. The number of carbonyl (C=O) groups is 2. The molecule has 0 bridgehead atoms. The van der Waals surface area contributed by atoms with Crippen molar-refractivity contribution >= 4 is 33.6 Å². The number of anilines is 1. The fourth-order valence-corrected chi connectivity index (χ4v) is 4.07. The Morgan fingerprint density at radius 2 is 1.65 bits per heavy atom. The van der Waals surface area contributed by atoms with E-state index >= 15 is 0 Å². The second-order valence-electron chi connectivity index (χ2n) is 7.81. The van der Waals surface area contributed by atoms with Crippen LogP contribution >= 0.6 is 15.9 Å². The van der Waals surface area contributed by atoms with Gasteiger partial charge in [0.2, 0.25) is 5.91 Å². The van der Waals surface area contributed by atoms with E-state index in [1.807, 2.05) is 85.8 Å². The van der Waals surface area contributed by atoms with Gasteiger partial charge in [0.15, 0.2) is 0 Å². The fourth-order valence-electron chi connectivity index (χ4n) is 3.67. The molecule has 0 saturated carbocycles. The van der Waals surface area contributed by atoms with Crippen LogP contribution in [-0.4, -0.2) is 39.6 Å². The van der Waals surface area contributed by atoms with Gasteiger partial charge in [0.05, 0.1) is 11.4 Å². The predicted octanol–water partition coefficient (Wildman–Crippen LogP) is 5.79. The maximum absolute atomic E-state index is 13.1. The topological polar surface area (TPSA) is 67.2 Å². The summed E-state index contributed by atoms with van der Waals surface area (Å²) >= 11 is 3.41. The average Bonchev–Trinajstić information content (AvgIpc) is 3.28. The van der Waals surface area contributed by atoms with E-state index in [2.05, 4.69) is 21.2 Å². The SMILES string of the molecule is CCCN(CC(=O)Nc1cc(-c2ccccc2)nn1-c1ccccc1)C(=O)c1cccc(Br)c1. The van der Waals surface area contributed by atoms with Crippen molar-refractivity contribution in [3.63, 3.8) is 0 Å². The number of benzene rings is 3. The van der Waals surface area contributed by atoms with E-state index in [-0.39, 0.29) is 18.4 Å². The van der Waals surface area contributed by atoms with Gasteiger partial charge in [-0.25, -0.2) is 4.68 Å². The minimum Gasteiger partial charge on any atom is -0.329 e. The summed E-state index contributed by atoms with van der Waals surface area (Å²) in [6.45, 7) is 2.40. The van der Waals surface area contributed by atoms with Crippen LogP contribution in [0.2, 0.25) is 0 Å². The number of amides is 2. The Labute approximate surface area is 207 Å². The lowest BCUT2D eigenvalue weighted by molar-refractivity contribution is -0.116. The van der Waals surface area contributed by atoms with Crippen molar-refractivity contribution in [3.8, 4) is 16.9 Å². The second kappa shape index (κ2) is 10.9. The lowest BCUT2D eigenvalue weighted by Gasteiger charge is -2.22. The lowest BCUT2D eigenvalue weighted by Crippen LogP contribution is -2.38. The fraction of sp³-hybridized carbons (Fsp3) is 0.148. The molecule has 34 heavy (non-hydrogen) atoms. The van der Waals surface area contributed by atoms with Gasteiger partial charge in [0.25, 0.3) is 5.91 Å². The highest BCUT2D eigenvalue weighted by molar-refractivity contribution is 9.10. The maximum atomic E-state index is 13.1. The summed E-state index contributed by atoms with van der Waals surface area (Å²) in [6.07, 6.45) is 0.743. The first-order valence-electron chi connectivity index (χ1n) is 11.1. The number of halogens is 1. The molecular weight excluding hydrogens is 492 g/mol. The number of carbonyl (C=O) groups excluding carboxylic acids is 2. The molecule has 6 nitrogen and oxygen atoms in total. The van der Waals surface area contributed by atoms with Gasteiger partial charge in [0.1, 0.15) is 12.4 Å². The zero-order valence-electron chi connectivity index (χ0n) is 18.8. The number of hydrogen-bond donors (Lipinski definition) is 1. The van der Waals surface area contributed by atoms with Crippen LogP contribution in [0.5, 0.6) is 0 Å². The number of aromatic nitrogens is 2. The molecule has 172 valence electrons. The summed E-state index contributed by atoms with van der Waals surface area (Å²) in [5.41, 5.74) is 3.06. The third-order valence-electron chi connectivity index (χ3n) is 5.23. The first-order valence-corrected chi connectivity index (χ1v) is 11.9. The highest BCUT2D eigenvalue weighted by Crippen LogP contribution is 2.25. The molecule has 0 radical (unpaired) electrons. The minimum atomic E-state index is -0.284. The number of hydrogen-bond acceptors (Lipinski definition) is 3. The Hall–Kier alpha value is -3.71. The molecule has 4 aromatic rings. The van der Waals surface area contributed by atoms with Crippen molar-refractivity contribution in [1.29, 1.82) is 0 Å². The number of nitrogens with one attached hydrogen (secondary N) is 1. The molecule has 0 atom stereocenters. The van der Waals surface area contributed by atoms with Crippen molar-refractivity contribution < 1.29 is 9.59 Å². The van der Waals surface area contributed by atoms with Gasteiger partial charge in [-0.05, 0) is 36.8 Å². The number of para-hydroxylation sites is 1. The third-order valence-corrected chi connectivity index (χ3v) is 5.73. The van der Waals surface area contributed by atoms with Crippen LogP contribution < -0.4 is 5.32 Å². The first-order chi connectivity index (χ1) is 16.5. The van der Waals surface area contributed by atoms with Crippen molar-refractivity contribution in [2.24, 2.45) is 0 Å². The van der Waals surface area contributed by atoms with E-state index < -0.39 is 0 Å². The monoisotopic (exact) mass is 516 g/mol. The van der Waals surface area contributed by atoms with E-state index in [4.69, 9.17) is 5.10 Å². The molecule has 0 saturated heterocycles. The molecule has 1 heterocycles. The summed E-state index contributed by atoms with van der Waals surface area (Å²) in [6, 6.07) is 28.5. The van der Waals surface area contributed by atoms with E-state index in [0.717, 1.165) is 27.8 Å². The molecule has 7 heteroatoms. The van der Waals surface area contributed by atoms with Gasteiger partial charge in [-0.2, -0.15) is 5.10 Å². The summed E-state index contributed by atoms with van der Waals surface area (Å²) in [5, 5.41) is 7.69. The van der Waals surface area contributed by atoms with E-state index in [0.29, 0.717) is 17.9 Å². The Morgan fingerprint density at radius 3 is 2.32 bits per heavy atom. The van der Waals surface area contributed by atoms with Crippen LogP contribution in [0.3, 0.4) is 0 Å². The molecule has 0 unspecified atom stereocenters. The Morgan fingerprint density at radius 1 is 0.941 bits per heavy atom. The number of rotatable bonds is 8. The maximum Gasteiger partial charge on any atom is 0.254 e. The molecule has 1 N–H and O–H groups in total. The smallest absolute Gasteiger partial charge is 0.254 e. The molecule has 0 aliphatic heterocycles. The minimum absolute atomic E-state index is 0.0557. The van der Waals surface area contributed by atoms with Crippen LogP contribution in [0.15, 0.2) is 95.5 Å². The van der Waals surface area contributed by atoms with Gasteiger partial charge in [-0.1, -0.05) is 77.5 Å². The van der Waals surface area contributed by atoms with Crippen LogP contribution in [-0.2, 0) is 4.79 Å². The largest absolute Gasteiger partial charge is 0.329 e. The van der Waals surface area contributed by atoms with Crippen molar-refractivity contribution in [1.82, 2.24) is 14.7 Å². The summed E-state index contributed by atoms with van der Waals surface area (Å²) < 4.78 is 2.53. The van der Waals surface area contributed by atoms with Gasteiger partial charge < -0.3 is 10.2 Å². The summed E-state index contributed by atoms with van der Waals surface area (Å²) in [5.74, 6) is 0.0785. The Kier molecular flexibility index (Phi) is 7.54. The van der Waals surface area contributed by atoms with Gasteiger partial charge in [-0.15, -0.1) is 0 Å². The highest BCUT2D eigenvalue weighted by Gasteiger charge is 2.20. The third kappa shape index (κ3) is 5.61. The quantitative estimate of drug-likeness (QED) is 0.322. The van der Waals surface area contributed by atoms with Gasteiger partial charge in [0, 0.05) is 28.2 Å². The average molecular weight is 517 g/mol. The second-order valence-corrected chi connectivity index (χ2v) is 8.73. The van der Waals surface area contributed by atoms with Crippen molar-refractivity contribution in [2.45, 2.75) is 13.3 Å². The molecule has 0 aliphatic rings. The summed E-state index contributed by atoms with van der Waals surface area (Å²) in [7, 11) is 0. The molecule has 4 rings (SSSR count). The zero-order chi connectivity index (χ0) is 23.9. The standard InChI is InChI=1S/C27H25BrN4O2/c1-2-16-31(27(34)21-12-9-13-22(28)17-21)19-26(33)29-25-18-24(20-10-5-3-6-11-20)30-32(25)23-14-7-4-8-15-23/h3-15,17-18H,2,16,19H2,1H3,(H,29,33). The van der Waals surface area contributed by atoms with Crippen molar-refractivity contribution in [2.75, 3.05) is 18.4 Å². The molecular formula is C27H25BrN4O2. The molecule has 0 fully saturated rings. The normalized spacial score (nSPS) is 10.6. The van der Waals surface area contributed by atoms with Gasteiger partial charge >= 0.3 is 0 Å². The van der Waals surface area contributed by atoms with Crippen molar-refractivity contribution in [3.05, 3.63) is 101 Å².